The zero-order chi connectivity index (χ0) is 13.9. The van der Waals surface area contributed by atoms with Gasteiger partial charge in [-0.2, -0.15) is 0 Å². The molecule has 1 aromatic rings. The van der Waals surface area contributed by atoms with E-state index in [0.717, 1.165) is 31.4 Å². The van der Waals surface area contributed by atoms with Crippen molar-refractivity contribution in [3.63, 3.8) is 0 Å². The molecule has 1 aliphatic heterocycles. The molecule has 19 heavy (non-hydrogen) atoms. The van der Waals surface area contributed by atoms with Crippen LogP contribution in [-0.2, 0) is 5.92 Å². The van der Waals surface area contributed by atoms with Crippen LogP contribution in [0.3, 0.4) is 0 Å². The van der Waals surface area contributed by atoms with Crippen molar-refractivity contribution in [2.24, 2.45) is 0 Å². The van der Waals surface area contributed by atoms with Crippen LogP contribution in [0.4, 0.5) is 8.78 Å². The number of nitrogens with one attached hydrogen (secondary N) is 1. The van der Waals surface area contributed by atoms with Crippen LogP contribution >= 0.6 is 0 Å². The molecule has 0 spiro atoms. The first kappa shape index (κ1) is 14.4. The number of rotatable bonds is 5. The summed E-state index contributed by atoms with van der Waals surface area (Å²) in [4.78, 5) is 0. The lowest BCUT2D eigenvalue weighted by Crippen LogP contribution is -2.29. The highest BCUT2D eigenvalue weighted by molar-refractivity contribution is 5.28. The van der Waals surface area contributed by atoms with Crippen LogP contribution in [0.5, 0.6) is 0 Å². The summed E-state index contributed by atoms with van der Waals surface area (Å²) in [5, 5.41) is 3.14. The van der Waals surface area contributed by atoms with E-state index in [1.807, 2.05) is 12.1 Å². The van der Waals surface area contributed by atoms with Crippen LogP contribution in [0.25, 0.3) is 0 Å². The van der Waals surface area contributed by atoms with Crippen LogP contribution in [-0.4, -0.2) is 12.6 Å². The van der Waals surface area contributed by atoms with E-state index in [-0.39, 0.29) is 18.0 Å². The Hall–Kier alpha value is -0.960. The second-order valence-corrected chi connectivity index (χ2v) is 5.63. The van der Waals surface area contributed by atoms with Crippen molar-refractivity contribution in [1.82, 2.24) is 5.32 Å². The molecule has 0 aromatic heterocycles. The molecule has 1 aliphatic rings. The second-order valence-electron chi connectivity index (χ2n) is 5.63. The molecule has 1 saturated heterocycles. The van der Waals surface area contributed by atoms with Gasteiger partial charge in [-0.05, 0) is 37.3 Å². The largest absolute Gasteiger partial charge is 0.314 e. The van der Waals surface area contributed by atoms with Gasteiger partial charge >= 0.3 is 0 Å². The molecular weight excluding hydrogens is 244 g/mol. The number of alkyl halides is 2. The topological polar surface area (TPSA) is 12.0 Å². The van der Waals surface area contributed by atoms with E-state index < -0.39 is 5.92 Å². The fourth-order valence-corrected chi connectivity index (χ4v) is 2.65. The normalized spacial score (nSPS) is 21.6. The molecular formula is C16H23F2N. The summed E-state index contributed by atoms with van der Waals surface area (Å²) in [6, 6.07) is 6.84. The van der Waals surface area contributed by atoms with Crippen molar-refractivity contribution in [2.75, 3.05) is 6.54 Å². The van der Waals surface area contributed by atoms with E-state index in [4.69, 9.17) is 0 Å². The lowest BCUT2D eigenvalue weighted by Gasteiger charge is -2.21. The van der Waals surface area contributed by atoms with Crippen LogP contribution in [0, 0.1) is 0 Å². The Bertz CT molecular complexity index is 394. The maximum absolute atomic E-state index is 14.2. The molecule has 1 N–H and O–H groups in total. The zero-order valence-electron chi connectivity index (χ0n) is 11.8. The first-order chi connectivity index (χ1) is 9.03. The third kappa shape index (κ3) is 3.53. The second kappa shape index (κ2) is 6.00. The number of benzene rings is 1. The SMILES string of the molecule is CCC(C)c1ccc(C(F)(F)CC2CCCN2)cc1. The van der Waals surface area contributed by atoms with E-state index >= 15 is 0 Å². The molecule has 0 radical (unpaired) electrons. The standard InChI is InChI=1S/C16H23F2N/c1-3-12(2)13-6-8-14(9-7-13)16(17,18)11-15-5-4-10-19-15/h6-9,12,15,19H,3-5,10-11H2,1-2H3. The maximum atomic E-state index is 14.2. The van der Waals surface area contributed by atoms with Gasteiger partial charge in [0.15, 0.2) is 0 Å². The summed E-state index contributed by atoms with van der Waals surface area (Å²) in [6.45, 7) is 5.10. The Kier molecular flexibility index (Phi) is 4.56. The van der Waals surface area contributed by atoms with Gasteiger partial charge in [-0.15, -0.1) is 0 Å². The molecule has 1 heterocycles. The molecule has 1 aromatic carbocycles. The van der Waals surface area contributed by atoms with Crippen molar-refractivity contribution in [3.05, 3.63) is 35.4 Å². The fourth-order valence-electron chi connectivity index (χ4n) is 2.65. The van der Waals surface area contributed by atoms with Crippen LogP contribution < -0.4 is 5.32 Å². The highest BCUT2D eigenvalue weighted by atomic mass is 19.3. The van der Waals surface area contributed by atoms with Crippen molar-refractivity contribution >= 4 is 0 Å². The molecule has 2 rings (SSSR count). The van der Waals surface area contributed by atoms with Gasteiger partial charge in [-0.25, -0.2) is 8.78 Å². The van der Waals surface area contributed by atoms with E-state index in [9.17, 15) is 8.78 Å². The average Bonchev–Trinajstić information content (AvgIpc) is 2.90. The van der Waals surface area contributed by atoms with E-state index in [1.54, 1.807) is 12.1 Å². The summed E-state index contributed by atoms with van der Waals surface area (Å²) < 4.78 is 28.4. The van der Waals surface area contributed by atoms with Crippen molar-refractivity contribution in [2.45, 2.75) is 57.4 Å². The quantitative estimate of drug-likeness (QED) is 0.832. The number of halogens is 2. The molecule has 1 fully saturated rings. The lowest BCUT2D eigenvalue weighted by atomic mass is 9.94. The highest BCUT2D eigenvalue weighted by Crippen LogP contribution is 2.35. The molecule has 2 atom stereocenters. The summed E-state index contributed by atoms with van der Waals surface area (Å²) in [6.07, 6.45) is 2.81. The summed E-state index contributed by atoms with van der Waals surface area (Å²) >= 11 is 0. The summed E-state index contributed by atoms with van der Waals surface area (Å²) in [5.74, 6) is -2.30. The van der Waals surface area contributed by atoms with Crippen LogP contribution in [0.2, 0.25) is 0 Å². The van der Waals surface area contributed by atoms with Gasteiger partial charge < -0.3 is 5.32 Å². The first-order valence-electron chi connectivity index (χ1n) is 7.24. The molecule has 0 amide bonds. The average molecular weight is 267 g/mol. The third-order valence-electron chi connectivity index (χ3n) is 4.18. The minimum Gasteiger partial charge on any atom is -0.314 e. The van der Waals surface area contributed by atoms with Gasteiger partial charge in [0.2, 0.25) is 0 Å². The Morgan fingerprint density at radius 2 is 2.00 bits per heavy atom. The van der Waals surface area contributed by atoms with Gasteiger partial charge in [0.25, 0.3) is 5.92 Å². The Labute approximate surface area is 114 Å². The smallest absolute Gasteiger partial charge is 0.274 e. The molecule has 0 saturated carbocycles. The maximum Gasteiger partial charge on any atom is 0.274 e. The minimum absolute atomic E-state index is 0.0377. The van der Waals surface area contributed by atoms with Crippen LogP contribution in [0.1, 0.15) is 56.6 Å². The van der Waals surface area contributed by atoms with E-state index in [0.29, 0.717) is 5.92 Å². The molecule has 106 valence electrons. The Balaban J connectivity index is 2.06. The van der Waals surface area contributed by atoms with Crippen molar-refractivity contribution in [1.29, 1.82) is 0 Å². The summed E-state index contributed by atoms with van der Waals surface area (Å²) in [7, 11) is 0. The van der Waals surface area contributed by atoms with Crippen molar-refractivity contribution in [3.8, 4) is 0 Å². The molecule has 2 unspecified atom stereocenters. The van der Waals surface area contributed by atoms with Gasteiger partial charge in [0.1, 0.15) is 0 Å². The van der Waals surface area contributed by atoms with E-state index in [2.05, 4.69) is 19.2 Å². The molecule has 3 heteroatoms. The van der Waals surface area contributed by atoms with Crippen LogP contribution in [0.15, 0.2) is 24.3 Å². The Morgan fingerprint density at radius 3 is 2.53 bits per heavy atom. The van der Waals surface area contributed by atoms with Gasteiger partial charge in [0, 0.05) is 18.0 Å². The molecule has 0 bridgehead atoms. The van der Waals surface area contributed by atoms with Gasteiger partial charge in [0.05, 0.1) is 0 Å². The first-order valence-corrected chi connectivity index (χ1v) is 7.24. The van der Waals surface area contributed by atoms with Gasteiger partial charge in [-0.3, -0.25) is 0 Å². The third-order valence-corrected chi connectivity index (χ3v) is 4.18. The lowest BCUT2D eigenvalue weighted by molar-refractivity contribution is -0.0213. The predicted octanol–water partition coefficient (Wildman–Crippen LogP) is 4.43. The minimum atomic E-state index is -2.73. The predicted molar refractivity (Wildman–Crippen MR) is 74.7 cm³/mol. The molecule has 1 nitrogen and oxygen atoms in total. The highest BCUT2D eigenvalue weighted by Gasteiger charge is 2.35. The fraction of sp³-hybridized carbons (Fsp3) is 0.625. The monoisotopic (exact) mass is 267 g/mol. The summed E-state index contributed by atoms with van der Waals surface area (Å²) in [5.41, 5.74) is 1.29. The number of hydrogen-bond donors (Lipinski definition) is 1. The number of hydrogen-bond acceptors (Lipinski definition) is 1. The molecule has 0 aliphatic carbocycles. The van der Waals surface area contributed by atoms with Gasteiger partial charge in [-0.1, -0.05) is 38.1 Å². The Morgan fingerprint density at radius 1 is 1.32 bits per heavy atom. The van der Waals surface area contributed by atoms with Crippen molar-refractivity contribution < 1.29 is 8.78 Å². The van der Waals surface area contributed by atoms with E-state index in [1.165, 1.54) is 0 Å². The zero-order valence-corrected chi connectivity index (χ0v) is 11.8.